The van der Waals surface area contributed by atoms with E-state index < -0.39 is 10.0 Å². The van der Waals surface area contributed by atoms with E-state index in [2.05, 4.69) is 10.1 Å². The molecule has 0 atom stereocenters. The number of hydrazine groups is 1. The first-order valence-electron chi connectivity index (χ1n) is 6.14. The molecule has 106 valence electrons. The van der Waals surface area contributed by atoms with Crippen LogP contribution in [0.25, 0.3) is 0 Å². The maximum atomic E-state index is 12.2. The van der Waals surface area contributed by atoms with Crippen molar-refractivity contribution in [1.29, 1.82) is 0 Å². The Morgan fingerprint density at radius 1 is 1.05 bits per heavy atom. The highest BCUT2D eigenvalue weighted by molar-refractivity contribution is 7.89. The van der Waals surface area contributed by atoms with E-state index >= 15 is 0 Å². The molecule has 0 saturated carbocycles. The van der Waals surface area contributed by atoms with Crippen molar-refractivity contribution < 1.29 is 8.42 Å². The Kier molecular flexibility index (Phi) is 4.39. The molecule has 0 unspecified atom stereocenters. The van der Waals surface area contributed by atoms with Crippen LogP contribution in [-0.4, -0.2) is 8.42 Å². The van der Waals surface area contributed by atoms with Crippen molar-refractivity contribution in [2.24, 2.45) is 5.84 Å². The minimum atomic E-state index is -3.52. The molecule has 0 heterocycles. The maximum Gasteiger partial charge on any atom is 0.240 e. The Balaban J connectivity index is 2.13. The number of nitrogens with one attached hydrogen (secondary N) is 2. The molecule has 0 amide bonds. The third-order valence-electron chi connectivity index (χ3n) is 3.05. The van der Waals surface area contributed by atoms with Gasteiger partial charge < -0.3 is 5.43 Å². The van der Waals surface area contributed by atoms with E-state index in [1.54, 1.807) is 12.1 Å². The van der Waals surface area contributed by atoms with Gasteiger partial charge in [0.2, 0.25) is 10.0 Å². The third kappa shape index (κ3) is 3.36. The van der Waals surface area contributed by atoms with Gasteiger partial charge in [-0.3, -0.25) is 5.84 Å². The molecule has 2 aromatic rings. The predicted octanol–water partition coefficient (Wildman–Crippen LogP) is 1.76. The molecule has 0 fully saturated rings. The summed E-state index contributed by atoms with van der Waals surface area (Å²) in [6.45, 7) is 2.22. The highest BCUT2D eigenvalue weighted by Crippen LogP contribution is 2.14. The van der Waals surface area contributed by atoms with Crippen LogP contribution < -0.4 is 16.0 Å². The zero-order valence-corrected chi connectivity index (χ0v) is 11.9. The van der Waals surface area contributed by atoms with Crippen molar-refractivity contribution >= 4 is 15.7 Å². The fourth-order valence-electron chi connectivity index (χ4n) is 1.79. The number of hydrogen-bond acceptors (Lipinski definition) is 4. The second kappa shape index (κ2) is 6.04. The van der Waals surface area contributed by atoms with E-state index in [0.29, 0.717) is 5.69 Å². The molecule has 2 rings (SSSR count). The summed E-state index contributed by atoms with van der Waals surface area (Å²) < 4.78 is 26.9. The molecule has 2 aromatic carbocycles. The van der Waals surface area contributed by atoms with Gasteiger partial charge in [0.15, 0.2) is 0 Å². The zero-order chi connectivity index (χ0) is 14.6. The summed E-state index contributed by atoms with van der Waals surface area (Å²) in [5.41, 5.74) is 5.12. The molecule has 0 bridgehead atoms. The van der Waals surface area contributed by atoms with Gasteiger partial charge in [0, 0.05) is 12.2 Å². The molecule has 0 aliphatic heterocycles. The first kappa shape index (κ1) is 14.5. The first-order chi connectivity index (χ1) is 9.53. The van der Waals surface area contributed by atoms with E-state index in [4.69, 9.17) is 5.84 Å². The topological polar surface area (TPSA) is 84.2 Å². The summed E-state index contributed by atoms with van der Waals surface area (Å²) in [7, 11) is -3.52. The Morgan fingerprint density at radius 3 is 2.30 bits per heavy atom. The van der Waals surface area contributed by atoms with Gasteiger partial charge in [-0.1, -0.05) is 24.3 Å². The zero-order valence-electron chi connectivity index (χ0n) is 11.1. The van der Waals surface area contributed by atoms with Gasteiger partial charge >= 0.3 is 0 Å². The Labute approximate surface area is 118 Å². The Morgan fingerprint density at radius 2 is 1.70 bits per heavy atom. The molecule has 4 N–H and O–H groups in total. The van der Waals surface area contributed by atoms with E-state index in [1.807, 2.05) is 31.2 Å². The Bertz CT molecular complexity index is 682. The van der Waals surface area contributed by atoms with Crippen LogP contribution in [0.15, 0.2) is 53.4 Å². The molecular weight excluding hydrogens is 274 g/mol. The molecule has 0 spiro atoms. The second-order valence-electron chi connectivity index (χ2n) is 4.42. The van der Waals surface area contributed by atoms with Crippen LogP contribution in [0.5, 0.6) is 0 Å². The van der Waals surface area contributed by atoms with Crippen LogP contribution in [-0.2, 0) is 16.6 Å². The smallest absolute Gasteiger partial charge is 0.240 e. The quantitative estimate of drug-likeness (QED) is 0.579. The highest BCUT2D eigenvalue weighted by atomic mass is 32.2. The fourth-order valence-corrected chi connectivity index (χ4v) is 2.80. The predicted molar refractivity (Wildman–Crippen MR) is 79.5 cm³/mol. The average Bonchev–Trinajstić information content (AvgIpc) is 2.46. The van der Waals surface area contributed by atoms with Crippen LogP contribution in [0.4, 0.5) is 5.69 Å². The number of hydrogen-bond donors (Lipinski definition) is 3. The van der Waals surface area contributed by atoms with Gasteiger partial charge in [-0.15, -0.1) is 0 Å². The number of nitrogen functional groups attached to an aromatic ring is 1. The van der Waals surface area contributed by atoms with Crippen molar-refractivity contribution in [3.8, 4) is 0 Å². The lowest BCUT2D eigenvalue weighted by atomic mass is 10.1. The molecule has 0 saturated heterocycles. The van der Waals surface area contributed by atoms with Crippen LogP contribution >= 0.6 is 0 Å². The summed E-state index contributed by atoms with van der Waals surface area (Å²) in [6, 6.07) is 13.9. The normalized spacial score (nSPS) is 11.3. The first-order valence-corrected chi connectivity index (χ1v) is 7.62. The molecule has 0 aromatic heterocycles. The van der Waals surface area contributed by atoms with Crippen molar-refractivity contribution in [3.63, 3.8) is 0 Å². The largest absolute Gasteiger partial charge is 0.324 e. The molecule has 0 radical (unpaired) electrons. The van der Waals surface area contributed by atoms with E-state index in [0.717, 1.165) is 11.1 Å². The lowest BCUT2D eigenvalue weighted by Gasteiger charge is -2.09. The molecule has 0 aliphatic carbocycles. The van der Waals surface area contributed by atoms with Crippen LogP contribution in [0.2, 0.25) is 0 Å². The van der Waals surface area contributed by atoms with Crippen LogP contribution in [0.1, 0.15) is 11.1 Å². The SMILES string of the molecule is Cc1ccccc1CNS(=O)(=O)c1ccc(NN)cc1. The average molecular weight is 291 g/mol. The molecule has 20 heavy (non-hydrogen) atoms. The van der Waals surface area contributed by atoms with E-state index in [-0.39, 0.29) is 11.4 Å². The van der Waals surface area contributed by atoms with Crippen molar-refractivity contribution in [2.75, 3.05) is 5.43 Å². The standard InChI is InChI=1S/C14H17N3O2S/c1-11-4-2-3-5-12(11)10-16-20(18,19)14-8-6-13(17-15)7-9-14/h2-9,16-17H,10,15H2,1H3. The lowest BCUT2D eigenvalue weighted by molar-refractivity contribution is 0.581. The molecular formula is C14H17N3O2S. The number of anilines is 1. The van der Waals surface area contributed by atoms with Gasteiger partial charge in [-0.2, -0.15) is 0 Å². The van der Waals surface area contributed by atoms with E-state index in [9.17, 15) is 8.42 Å². The van der Waals surface area contributed by atoms with Gasteiger partial charge in [-0.05, 0) is 42.3 Å². The minimum Gasteiger partial charge on any atom is -0.324 e. The number of sulfonamides is 1. The summed E-state index contributed by atoms with van der Waals surface area (Å²) in [4.78, 5) is 0.213. The van der Waals surface area contributed by atoms with Crippen LogP contribution in [0, 0.1) is 6.92 Å². The van der Waals surface area contributed by atoms with Crippen molar-refractivity contribution in [3.05, 3.63) is 59.7 Å². The second-order valence-corrected chi connectivity index (χ2v) is 6.19. The van der Waals surface area contributed by atoms with Gasteiger partial charge in [0.25, 0.3) is 0 Å². The number of rotatable bonds is 5. The minimum absolute atomic E-state index is 0.213. The van der Waals surface area contributed by atoms with E-state index in [1.165, 1.54) is 12.1 Å². The monoisotopic (exact) mass is 291 g/mol. The summed E-state index contributed by atoms with van der Waals surface area (Å²) in [6.07, 6.45) is 0. The number of aryl methyl sites for hydroxylation is 1. The van der Waals surface area contributed by atoms with Crippen LogP contribution in [0.3, 0.4) is 0 Å². The number of nitrogens with two attached hydrogens (primary N) is 1. The summed E-state index contributed by atoms with van der Waals surface area (Å²) in [5, 5.41) is 0. The molecule has 6 heteroatoms. The highest BCUT2D eigenvalue weighted by Gasteiger charge is 2.13. The van der Waals surface area contributed by atoms with Crippen molar-refractivity contribution in [1.82, 2.24) is 4.72 Å². The summed E-state index contributed by atoms with van der Waals surface area (Å²) in [5.74, 6) is 5.25. The third-order valence-corrected chi connectivity index (χ3v) is 4.46. The van der Waals surface area contributed by atoms with Crippen molar-refractivity contribution in [2.45, 2.75) is 18.4 Å². The Hall–Kier alpha value is -1.89. The van der Waals surface area contributed by atoms with Gasteiger partial charge in [0.1, 0.15) is 0 Å². The van der Waals surface area contributed by atoms with Gasteiger partial charge in [-0.25, -0.2) is 13.1 Å². The summed E-state index contributed by atoms with van der Waals surface area (Å²) >= 11 is 0. The lowest BCUT2D eigenvalue weighted by Crippen LogP contribution is -2.23. The number of benzene rings is 2. The molecule has 0 aliphatic rings. The van der Waals surface area contributed by atoms with Gasteiger partial charge in [0.05, 0.1) is 4.90 Å². The fraction of sp³-hybridized carbons (Fsp3) is 0.143. The molecule has 5 nitrogen and oxygen atoms in total. The maximum absolute atomic E-state index is 12.2.